The lowest BCUT2D eigenvalue weighted by Crippen LogP contribution is -2.49. The van der Waals surface area contributed by atoms with Gasteiger partial charge in [0.25, 0.3) is 10.0 Å². The predicted molar refractivity (Wildman–Crippen MR) is 142 cm³/mol. The molecule has 1 amide bonds. The summed E-state index contributed by atoms with van der Waals surface area (Å²) < 4.78 is 27.9. The van der Waals surface area contributed by atoms with Crippen LogP contribution in [0.4, 0.5) is 11.4 Å². The minimum atomic E-state index is -3.66. The van der Waals surface area contributed by atoms with Crippen molar-refractivity contribution in [1.82, 2.24) is 4.90 Å². The Morgan fingerprint density at radius 1 is 0.914 bits per heavy atom. The largest absolute Gasteiger partial charge is 0.368 e. The summed E-state index contributed by atoms with van der Waals surface area (Å²) in [7, 11) is -3.66. The molecule has 0 spiro atoms. The van der Waals surface area contributed by atoms with Gasteiger partial charge in [0.1, 0.15) is 0 Å². The molecule has 1 N–H and O–H groups in total. The Balaban J connectivity index is 1.28. The standard InChI is InChI=1S/C27H30ClN3O3S/c1-20-3-10-24(11-4-20)29-35(33,34)25-12-6-22(7-13-25)8-14-27(32)31-17-15-30(16-18-31)26-19-23(28)9-5-21(26)2/h3-7,9-13,19,29H,8,14-18H2,1-2H3. The van der Waals surface area contributed by atoms with E-state index < -0.39 is 10.0 Å². The molecule has 0 saturated carbocycles. The molecule has 8 heteroatoms. The highest BCUT2D eigenvalue weighted by atomic mass is 35.5. The van der Waals surface area contributed by atoms with E-state index in [1.54, 1.807) is 36.4 Å². The van der Waals surface area contributed by atoms with Gasteiger partial charge < -0.3 is 9.80 Å². The Kier molecular flexibility index (Phi) is 7.67. The number of rotatable bonds is 7. The zero-order chi connectivity index (χ0) is 25.0. The smallest absolute Gasteiger partial charge is 0.261 e. The van der Waals surface area contributed by atoms with Crippen molar-refractivity contribution in [2.24, 2.45) is 0 Å². The minimum Gasteiger partial charge on any atom is -0.368 e. The Morgan fingerprint density at radius 3 is 2.23 bits per heavy atom. The van der Waals surface area contributed by atoms with Gasteiger partial charge in [-0.1, -0.05) is 47.5 Å². The SMILES string of the molecule is Cc1ccc(NS(=O)(=O)c2ccc(CCC(=O)N3CCN(c4cc(Cl)ccc4C)CC3)cc2)cc1. The maximum Gasteiger partial charge on any atom is 0.261 e. The number of aryl methyl sites for hydroxylation is 3. The molecule has 0 atom stereocenters. The Morgan fingerprint density at radius 2 is 1.57 bits per heavy atom. The normalized spacial score (nSPS) is 14.1. The van der Waals surface area contributed by atoms with Gasteiger partial charge in [-0.2, -0.15) is 0 Å². The Labute approximate surface area is 212 Å². The molecule has 1 aliphatic rings. The van der Waals surface area contributed by atoms with E-state index in [4.69, 9.17) is 11.6 Å². The molecule has 184 valence electrons. The number of amides is 1. The number of carbonyl (C=O) groups is 1. The molecule has 1 fully saturated rings. The number of sulfonamides is 1. The van der Waals surface area contributed by atoms with Gasteiger partial charge >= 0.3 is 0 Å². The number of nitrogens with zero attached hydrogens (tertiary/aromatic N) is 2. The van der Waals surface area contributed by atoms with Crippen LogP contribution in [0.1, 0.15) is 23.1 Å². The summed E-state index contributed by atoms with van der Waals surface area (Å²) in [5.41, 5.74) is 4.81. The van der Waals surface area contributed by atoms with Gasteiger partial charge in [0, 0.05) is 49.0 Å². The van der Waals surface area contributed by atoms with Crippen molar-refractivity contribution >= 4 is 38.9 Å². The van der Waals surface area contributed by atoms with Crippen LogP contribution in [-0.4, -0.2) is 45.4 Å². The summed E-state index contributed by atoms with van der Waals surface area (Å²) in [5, 5.41) is 0.717. The summed E-state index contributed by atoms with van der Waals surface area (Å²) in [4.78, 5) is 17.1. The fraction of sp³-hybridized carbons (Fsp3) is 0.296. The maximum absolute atomic E-state index is 12.8. The number of nitrogens with one attached hydrogen (secondary N) is 1. The summed E-state index contributed by atoms with van der Waals surface area (Å²) >= 11 is 6.16. The van der Waals surface area contributed by atoms with Crippen LogP contribution in [0.25, 0.3) is 0 Å². The van der Waals surface area contributed by atoms with E-state index in [1.165, 1.54) is 5.56 Å². The fourth-order valence-electron chi connectivity index (χ4n) is 4.20. The van der Waals surface area contributed by atoms with Crippen LogP contribution in [0.2, 0.25) is 5.02 Å². The van der Waals surface area contributed by atoms with Gasteiger partial charge in [0.15, 0.2) is 0 Å². The van der Waals surface area contributed by atoms with Crippen molar-refractivity contribution in [3.63, 3.8) is 0 Å². The number of piperazine rings is 1. The van der Waals surface area contributed by atoms with E-state index in [0.717, 1.165) is 29.9 Å². The first-order valence-electron chi connectivity index (χ1n) is 11.7. The number of hydrogen-bond donors (Lipinski definition) is 1. The van der Waals surface area contributed by atoms with Crippen molar-refractivity contribution < 1.29 is 13.2 Å². The van der Waals surface area contributed by atoms with Crippen LogP contribution in [0.15, 0.2) is 71.6 Å². The molecule has 0 radical (unpaired) electrons. The van der Waals surface area contributed by atoms with Crippen LogP contribution in [0.3, 0.4) is 0 Å². The molecule has 6 nitrogen and oxygen atoms in total. The second-order valence-electron chi connectivity index (χ2n) is 8.91. The highest BCUT2D eigenvalue weighted by Crippen LogP contribution is 2.25. The fourth-order valence-corrected chi connectivity index (χ4v) is 5.43. The van der Waals surface area contributed by atoms with Crippen LogP contribution in [-0.2, 0) is 21.2 Å². The zero-order valence-corrected chi connectivity index (χ0v) is 21.6. The number of carbonyl (C=O) groups excluding carboxylic acids is 1. The molecular formula is C27H30ClN3O3S. The molecule has 4 rings (SSSR count). The lowest BCUT2D eigenvalue weighted by molar-refractivity contribution is -0.131. The second kappa shape index (κ2) is 10.7. The first kappa shape index (κ1) is 25.1. The zero-order valence-electron chi connectivity index (χ0n) is 20.0. The van der Waals surface area contributed by atoms with Crippen LogP contribution >= 0.6 is 11.6 Å². The quantitative estimate of drug-likeness (QED) is 0.482. The van der Waals surface area contributed by atoms with Crippen molar-refractivity contribution in [2.45, 2.75) is 31.6 Å². The second-order valence-corrected chi connectivity index (χ2v) is 11.0. The number of halogens is 1. The van der Waals surface area contributed by atoms with Gasteiger partial charge in [-0.15, -0.1) is 0 Å². The number of hydrogen-bond acceptors (Lipinski definition) is 4. The minimum absolute atomic E-state index is 0.116. The van der Waals surface area contributed by atoms with Crippen molar-refractivity contribution in [1.29, 1.82) is 0 Å². The van der Waals surface area contributed by atoms with Crippen molar-refractivity contribution in [2.75, 3.05) is 35.8 Å². The van der Waals surface area contributed by atoms with E-state index in [1.807, 2.05) is 42.2 Å². The molecule has 1 saturated heterocycles. The van der Waals surface area contributed by atoms with Crippen LogP contribution < -0.4 is 9.62 Å². The van der Waals surface area contributed by atoms with Gasteiger partial charge in [0.05, 0.1) is 4.90 Å². The lowest BCUT2D eigenvalue weighted by atomic mass is 10.1. The average molecular weight is 512 g/mol. The van der Waals surface area contributed by atoms with Crippen molar-refractivity contribution in [3.8, 4) is 0 Å². The molecule has 1 heterocycles. The lowest BCUT2D eigenvalue weighted by Gasteiger charge is -2.37. The first-order chi connectivity index (χ1) is 16.7. The first-order valence-corrected chi connectivity index (χ1v) is 13.5. The Hall–Kier alpha value is -3.03. The van der Waals surface area contributed by atoms with Gasteiger partial charge in [-0.25, -0.2) is 8.42 Å². The van der Waals surface area contributed by atoms with E-state index in [-0.39, 0.29) is 10.8 Å². The molecule has 0 aliphatic carbocycles. The summed E-state index contributed by atoms with van der Waals surface area (Å²) in [6.07, 6.45) is 0.960. The van der Waals surface area contributed by atoms with Gasteiger partial charge in [0.2, 0.25) is 5.91 Å². The summed E-state index contributed by atoms with van der Waals surface area (Å²) in [6, 6.07) is 19.8. The summed E-state index contributed by atoms with van der Waals surface area (Å²) in [6.45, 7) is 6.90. The van der Waals surface area contributed by atoms with E-state index in [9.17, 15) is 13.2 Å². The molecular weight excluding hydrogens is 482 g/mol. The van der Waals surface area contributed by atoms with Gasteiger partial charge in [-0.05, 0) is 67.8 Å². The van der Waals surface area contributed by atoms with E-state index in [0.29, 0.717) is 36.6 Å². The third kappa shape index (κ3) is 6.35. The highest BCUT2D eigenvalue weighted by Gasteiger charge is 2.22. The number of anilines is 2. The Bertz CT molecular complexity index is 1280. The molecule has 35 heavy (non-hydrogen) atoms. The third-order valence-electron chi connectivity index (χ3n) is 6.31. The van der Waals surface area contributed by atoms with Crippen LogP contribution in [0.5, 0.6) is 0 Å². The molecule has 3 aromatic carbocycles. The van der Waals surface area contributed by atoms with Gasteiger partial charge in [-0.3, -0.25) is 9.52 Å². The summed E-state index contributed by atoms with van der Waals surface area (Å²) in [5.74, 6) is 0.116. The topological polar surface area (TPSA) is 69.7 Å². The molecule has 0 aromatic heterocycles. The van der Waals surface area contributed by atoms with Crippen LogP contribution in [0, 0.1) is 13.8 Å². The molecule has 0 unspecified atom stereocenters. The molecule has 1 aliphatic heterocycles. The monoisotopic (exact) mass is 511 g/mol. The molecule has 0 bridgehead atoms. The van der Waals surface area contributed by atoms with E-state index >= 15 is 0 Å². The average Bonchev–Trinajstić information content (AvgIpc) is 2.86. The third-order valence-corrected chi connectivity index (χ3v) is 7.94. The maximum atomic E-state index is 12.8. The highest BCUT2D eigenvalue weighted by molar-refractivity contribution is 7.92. The van der Waals surface area contributed by atoms with E-state index in [2.05, 4.69) is 16.5 Å². The number of benzene rings is 3. The predicted octanol–water partition coefficient (Wildman–Crippen LogP) is 5.04. The molecule has 3 aromatic rings. The van der Waals surface area contributed by atoms with Crippen molar-refractivity contribution in [3.05, 3.63) is 88.4 Å².